The highest BCUT2D eigenvalue weighted by molar-refractivity contribution is 5.92. The van der Waals surface area contributed by atoms with E-state index in [0.29, 0.717) is 24.3 Å². The molecule has 2 amide bonds. The number of phenols is 1. The van der Waals surface area contributed by atoms with Crippen molar-refractivity contribution in [3.63, 3.8) is 0 Å². The van der Waals surface area contributed by atoms with E-state index in [4.69, 9.17) is 5.73 Å². The Labute approximate surface area is 123 Å². The van der Waals surface area contributed by atoms with Crippen molar-refractivity contribution in [1.29, 1.82) is 0 Å². The van der Waals surface area contributed by atoms with Crippen molar-refractivity contribution in [2.45, 2.75) is 6.92 Å². The molecule has 0 heterocycles. The van der Waals surface area contributed by atoms with Crippen LogP contribution in [-0.2, 0) is 9.59 Å². The summed E-state index contributed by atoms with van der Waals surface area (Å²) in [6.45, 7) is 2.12. The van der Waals surface area contributed by atoms with Crippen molar-refractivity contribution in [3.8, 4) is 5.75 Å². The lowest BCUT2D eigenvalue weighted by molar-refractivity contribution is -0.119. The monoisotopic (exact) mass is 299 g/mol. The lowest BCUT2D eigenvalue weighted by atomic mass is 10.1. The van der Waals surface area contributed by atoms with E-state index in [1.54, 1.807) is 12.1 Å². The number of carbonyl (C=O) groups is 2. The molecule has 5 N–H and O–H groups in total. The molecule has 0 aliphatic rings. The van der Waals surface area contributed by atoms with Crippen LogP contribution in [0.5, 0.6) is 5.75 Å². The van der Waals surface area contributed by atoms with Crippen molar-refractivity contribution in [2.24, 2.45) is 0 Å². The van der Waals surface area contributed by atoms with E-state index in [1.807, 2.05) is 0 Å². The molecule has 20 heavy (non-hydrogen) atoms. The standard InChI is InChI=1S/C13H17N3O3.ClH/c1-9(17)15-6-7-16-13(19)5-2-10-8-11(14)3-4-12(10)18;/h2-5,8,18H,6-7,14H2,1H3,(H,15,17)(H,16,19);1H. The maximum Gasteiger partial charge on any atom is 0.244 e. The number of phenolic OH excluding ortho intramolecular Hbond substituents is 1. The maximum absolute atomic E-state index is 11.4. The second-order valence-electron chi connectivity index (χ2n) is 3.93. The van der Waals surface area contributed by atoms with Crippen molar-refractivity contribution < 1.29 is 14.7 Å². The van der Waals surface area contributed by atoms with Crippen LogP contribution in [0.4, 0.5) is 5.69 Å². The molecule has 1 aromatic carbocycles. The highest BCUT2D eigenvalue weighted by atomic mass is 35.5. The molecule has 0 atom stereocenters. The fraction of sp³-hybridized carbons (Fsp3) is 0.231. The third kappa shape index (κ3) is 6.65. The number of hydrogen-bond acceptors (Lipinski definition) is 4. The number of amides is 2. The molecule has 1 rings (SSSR count). The van der Waals surface area contributed by atoms with Crippen LogP contribution >= 0.6 is 12.4 Å². The number of carbonyl (C=O) groups excluding carboxylic acids is 2. The van der Waals surface area contributed by atoms with Crippen LogP contribution in [0.3, 0.4) is 0 Å². The quantitative estimate of drug-likeness (QED) is 0.277. The number of halogens is 1. The first-order valence-electron chi connectivity index (χ1n) is 5.78. The molecule has 0 bridgehead atoms. The van der Waals surface area contributed by atoms with Crippen LogP contribution < -0.4 is 16.4 Å². The van der Waals surface area contributed by atoms with Gasteiger partial charge in [0.25, 0.3) is 0 Å². The van der Waals surface area contributed by atoms with Gasteiger partial charge in [-0.05, 0) is 24.3 Å². The molecule has 0 saturated carbocycles. The number of nitrogens with two attached hydrogens (primary N) is 1. The van der Waals surface area contributed by atoms with Gasteiger partial charge in [0.2, 0.25) is 11.8 Å². The van der Waals surface area contributed by atoms with Gasteiger partial charge in [0, 0.05) is 37.3 Å². The Morgan fingerprint density at radius 1 is 1.30 bits per heavy atom. The van der Waals surface area contributed by atoms with Gasteiger partial charge < -0.3 is 21.5 Å². The summed E-state index contributed by atoms with van der Waals surface area (Å²) in [7, 11) is 0. The van der Waals surface area contributed by atoms with Gasteiger partial charge in [-0.25, -0.2) is 0 Å². The summed E-state index contributed by atoms with van der Waals surface area (Å²) in [5.74, 6) is -0.404. The molecule has 0 saturated heterocycles. The van der Waals surface area contributed by atoms with Gasteiger partial charge in [0.05, 0.1) is 0 Å². The molecule has 110 valence electrons. The average Bonchev–Trinajstić information content (AvgIpc) is 2.35. The molecular weight excluding hydrogens is 282 g/mol. The topological polar surface area (TPSA) is 104 Å². The number of benzene rings is 1. The Morgan fingerprint density at radius 2 is 1.95 bits per heavy atom. The molecule has 0 aromatic heterocycles. The summed E-state index contributed by atoms with van der Waals surface area (Å²) in [5, 5.41) is 14.7. The summed E-state index contributed by atoms with van der Waals surface area (Å²) in [6, 6.07) is 4.60. The molecular formula is C13H18ClN3O3. The minimum absolute atomic E-state index is 0. The molecule has 0 radical (unpaired) electrons. The zero-order chi connectivity index (χ0) is 14.3. The Kier molecular flexibility index (Phi) is 7.84. The molecule has 0 aliphatic carbocycles. The van der Waals surface area contributed by atoms with Gasteiger partial charge in [-0.15, -0.1) is 12.4 Å². The van der Waals surface area contributed by atoms with Gasteiger partial charge in [-0.1, -0.05) is 0 Å². The molecule has 0 aliphatic heterocycles. The predicted molar refractivity (Wildman–Crippen MR) is 80.5 cm³/mol. The Hall–Kier alpha value is -2.21. The second-order valence-corrected chi connectivity index (χ2v) is 3.93. The lowest BCUT2D eigenvalue weighted by Gasteiger charge is -2.03. The highest BCUT2D eigenvalue weighted by Crippen LogP contribution is 2.20. The van der Waals surface area contributed by atoms with Crippen LogP contribution in [0.2, 0.25) is 0 Å². The number of nitrogen functional groups attached to an aromatic ring is 1. The van der Waals surface area contributed by atoms with E-state index >= 15 is 0 Å². The first-order chi connectivity index (χ1) is 8.99. The predicted octanol–water partition coefficient (Wildman–Crippen LogP) is 0.662. The molecule has 0 fully saturated rings. The number of anilines is 1. The van der Waals surface area contributed by atoms with Gasteiger partial charge in [0.1, 0.15) is 5.75 Å². The third-order valence-electron chi connectivity index (χ3n) is 2.26. The maximum atomic E-state index is 11.4. The summed E-state index contributed by atoms with van der Waals surface area (Å²) < 4.78 is 0. The molecule has 7 heteroatoms. The summed E-state index contributed by atoms with van der Waals surface area (Å²) in [6.07, 6.45) is 2.77. The second kappa shape index (κ2) is 8.82. The SMILES string of the molecule is CC(=O)NCCNC(=O)C=Cc1cc(N)ccc1O.Cl. The Bertz CT molecular complexity index is 504. The number of nitrogens with one attached hydrogen (secondary N) is 2. The van der Waals surface area contributed by atoms with Crippen LogP contribution in [0.1, 0.15) is 12.5 Å². The Balaban J connectivity index is 0.00000361. The van der Waals surface area contributed by atoms with E-state index in [9.17, 15) is 14.7 Å². The molecule has 1 aromatic rings. The van der Waals surface area contributed by atoms with Gasteiger partial charge >= 0.3 is 0 Å². The van der Waals surface area contributed by atoms with E-state index in [1.165, 1.54) is 25.1 Å². The largest absolute Gasteiger partial charge is 0.507 e. The van der Waals surface area contributed by atoms with E-state index < -0.39 is 0 Å². The first-order valence-corrected chi connectivity index (χ1v) is 5.78. The van der Waals surface area contributed by atoms with Crippen molar-refractivity contribution >= 4 is 36.0 Å². The van der Waals surface area contributed by atoms with Crippen LogP contribution in [0.25, 0.3) is 6.08 Å². The number of aromatic hydroxyl groups is 1. The highest BCUT2D eigenvalue weighted by Gasteiger charge is 1.99. The molecule has 0 unspecified atom stereocenters. The van der Waals surface area contributed by atoms with Crippen LogP contribution in [0, 0.1) is 0 Å². The first kappa shape index (κ1) is 17.8. The average molecular weight is 300 g/mol. The van der Waals surface area contributed by atoms with Gasteiger partial charge in [-0.2, -0.15) is 0 Å². The number of hydrogen-bond donors (Lipinski definition) is 4. The minimum atomic E-state index is -0.313. The summed E-state index contributed by atoms with van der Waals surface area (Å²) in [5.41, 5.74) is 6.55. The van der Waals surface area contributed by atoms with Crippen molar-refractivity contribution in [2.75, 3.05) is 18.8 Å². The fourth-order valence-electron chi connectivity index (χ4n) is 1.36. The van der Waals surface area contributed by atoms with E-state index in [2.05, 4.69) is 10.6 Å². The van der Waals surface area contributed by atoms with Crippen LogP contribution in [0.15, 0.2) is 24.3 Å². The zero-order valence-electron chi connectivity index (χ0n) is 11.1. The third-order valence-corrected chi connectivity index (χ3v) is 2.26. The van der Waals surface area contributed by atoms with E-state index in [-0.39, 0.29) is 30.0 Å². The van der Waals surface area contributed by atoms with Gasteiger partial charge in [-0.3, -0.25) is 9.59 Å². The smallest absolute Gasteiger partial charge is 0.244 e. The summed E-state index contributed by atoms with van der Waals surface area (Å²) in [4.78, 5) is 22.0. The lowest BCUT2D eigenvalue weighted by Crippen LogP contribution is -2.32. The normalized spacial score (nSPS) is 9.85. The molecule has 6 nitrogen and oxygen atoms in total. The van der Waals surface area contributed by atoms with Crippen LogP contribution in [-0.4, -0.2) is 30.0 Å². The summed E-state index contributed by atoms with van der Waals surface area (Å²) >= 11 is 0. The fourth-order valence-corrected chi connectivity index (χ4v) is 1.36. The van der Waals surface area contributed by atoms with Crippen molar-refractivity contribution in [3.05, 3.63) is 29.8 Å². The van der Waals surface area contributed by atoms with E-state index in [0.717, 1.165) is 0 Å². The minimum Gasteiger partial charge on any atom is -0.507 e. The Morgan fingerprint density at radius 3 is 2.60 bits per heavy atom. The zero-order valence-corrected chi connectivity index (χ0v) is 11.9. The molecule has 0 spiro atoms. The van der Waals surface area contributed by atoms with Crippen molar-refractivity contribution in [1.82, 2.24) is 10.6 Å². The number of rotatable bonds is 5. The van der Waals surface area contributed by atoms with Gasteiger partial charge in [0.15, 0.2) is 0 Å².